The van der Waals surface area contributed by atoms with Crippen LogP contribution in [0.15, 0.2) is 18.2 Å². The molecule has 1 aliphatic heterocycles. The van der Waals surface area contributed by atoms with Crippen LogP contribution in [-0.2, 0) is 9.59 Å². The first-order valence-corrected chi connectivity index (χ1v) is 7.32. The summed E-state index contributed by atoms with van der Waals surface area (Å²) in [5, 5.41) is 0. The number of benzene rings is 1. The lowest BCUT2D eigenvalue weighted by Crippen LogP contribution is -2.34. The highest BCUT2D eigenvalue weighted by molar-refractivity contribution is 7.80. The summed E-state index contributed by atoms with van der Waals surface area (Å²) in [6.45, 7) is 0. The maximum Gasteiger partial charge on any atom is 0.240 e. The van der Waals surface area contributed by atoms with Crippen LogP contribution in [0, 0.1) is 11.2 Å². The molecular formula is C15H15FN2O2S. The van der Waals surface area contributed by atoms with E-state index in [1.54, 1.807) is 0 Å². The quantitative estimate of drug-likeness (QED) is 0.672. The van der Waals surface area contributed by atoms with Crippen LogP contribution in [0.1, 0.15) is 37.7 Å². The Kier molecular flexibility index (Phi) is 3.28. The molecule has 0 aromatic heterocycles. The number of nitrogens with two attached hydrogens (primary N) is 1. The minimum absolute atomic E-state index is 0.0514. The Morgan fingerprint density at radius 1 is 1.29 bits per heavy atom. The molecule has 3 rings (SSSR count). The smallest absolute Gasteiger partial charge is 0.240 e. The van der Waals surface area contributed by atoms with Gasteiger partial charge in [-0.3, -0.25) is 14.5 Å². The van der Waals surface area contributed by atoms with E-state index in [1.807, 2.05) is 0 Å². The number of nitrogens with zero attached hydrogens (tertiary/aromatic N) is 1. The number of carbonyl (C=O) groups is 2. The maximum absolute atomic E-state index is 13.6. The largest absolute Gasteiger partial charge is 0.389 e. The second-order valence-electron chi connectivity index (χ2n) is 5.73. The summed E-state index contributed by atoms with van der Waals surface area (Å²) in [7, 11) is 0. The van der Waals surface area contributed by atoms with E-state index in [0.29, 0.717) is 5.69 Å². The predicted octanol–water partition coefficient (Wildman–Crippen LogP) is 2.28. The molecule has 1 aromatic carbocycles. The van der Waals surface area contributed by atoms with E-state index in [2.05, 4.69) is 0 Å². The molecule has 21 heavy (non-hydrogen) atoms. The first-order chi connectivity index (χ1) is 9.94. The monoisotopic (exact) mass is 306 g/mol. The van der Waals surface area contributed by atoms with Crippen molar-refractivity contribution < 1.29 is 14.0 Å². The SMILES string of the molecule is NC(=S)c1cc(N2C(=O)CC3(CCCC3)C2=O)ccc1F. The van der Waals surface area contributed by atoms with Crippen LogP contribution in [0.4, 0.5) is 10.1 Å². The fourth-order valence-electron chi connectivity index (χ4n) is 3.34. The van der Waals surface area contributed by atoms with Gasteiger partial charge in [-0.05, 0) is 31.0 Å². The van der Waals surface area contributed by atoms with Gasteiger partial charge in [-0.1, -0.05) is 25.1 Å². The number of hydrogen-bond acceptors (Lipinski definition) is 3. The molecule has 110 valence electrons. The lowest BCUT2D eigenvalue weighted by molar-refractivity contribution is -0.125. The van der Waals surface area contributed by atoms with Crippen LogP contribution in [0.5, 0.6) is 0 Å². The van der Waals surface area contributed by atoms with Gasteiger partial charge >= 0.3 is 0 Å². The molecule has 1 saturated heterocycles. The van der Waals surface area contributed by atoms with Gasteiger partial charge in [0.25, 0.3) is 0 Å². The first-order valence-electron chi connectivity index (χ1n) is 6.91. The molecule has 0 atom stereocenters. The molecule has 1 aliphatic carbocycles. The highest BCUT2D eigenvalue weighted by atomic mass is 32.1. The van der Waals surface area contributed by atoms with Crippen LogP contribution >= 0.6 is 12.2 Å². The fraction of sp³-hybridized carbons (Fsp3) is 0.400. The van der Waals surface area contributed by atoms with Gasteiger partial charge in [0.2, 0.25) is 11.8 Å². The van der Waals surface area contributed by atoms with E-state index in [-0.39, 0.29) is 28.8 Å². The molecule has 0 radical (unpaired) electrons. The summed E-state index contributed by atoms with van der Waals surface area (Å²) in [6, 6.07) is 3.98. The zero-order valence-corrected chi connectivity index (χ0v) is 12.2. The molecule has 2 N–H and O–H groups in total. The normalized spacial score (nSPS) is 20.5. The topological polar surface area (TPSA) is 63.4 Å². The Balaban J connectivity index is 2.01. The number of hydrogen-bond donors (Lipinski definition) is 1. The van der Waals surface area contributed by atoms with Crippen molar-refractivity contribution in [2.24, 2.45) is 11.1 Å². The van der Waals surface area contributed by atoms with Crippen LogP contribution in [0.25, 0.3) is 0 Å². The molecule has 1 aromatic rings. The second-order valence-corrected chi connectivity index (χ2v) is 6.17. The van der Waals surface area contributed by atoms with Gasteiger partial charge in [-0.25, -0.2) is 4.39 Å². The minimum atomic E-state index is -0.555. The molecule has 1 spiro atoms. The Labute approximate surface area is 127 Å². The Bertz CT molecular complexity index is 653. The van der Waals surface area contributed by atoms with Crippen molar-refractivity contribution >= 4 is 34.7 Å². The van der Waals surface area contributed by atoms with Gasteiger partial charge in [-0.15, -0.1) is 0 Å². The summed E-state index contributed by atoms with van der Waals surface area (Å²) >= 11 is 4.79. The lowest BCUT2D eigenvalue weighted by atomic mass is 9.84. The number of halogens is 1. The van der Waals surface area contributed by atoms with Gasteiger partial charge in [-0.2, -0.15) is 0 Å². The standard InChI is InChI=1S/C15H15FN2O2S/c16-11-4-3-9(7-10(11)13(17)21)18-12(19)8-15(14(18)20)5-1-2-6-15/h3-4,7H,1-2,5-6,8H2,(H2,17,21). The van der Waals surface area contributed by atoms with Crippen LogP contribution < -0.4 is 10.6 Å². The van der Waals surface area contributed by atoms with Crippen molar-refractivity contribution in [1.29, 1.82) is 0 Å². The zero-order chi connectivity index (χ0) is 15.2. The summed E-state index contributed by atoms with van der Waals surface area (Å²) < 4.78 is 13.6. The minimum Gasteiger partial charge on any atom is -0.389 e. The summed E-state index contributed by atoms with van der Waals surface area (Å²) in [6.07, 6.45) is 3.67. The van der Waals surface area contributed by atoms with Crippen molar-refractivity contribution in [2.45, 2.75) is 32.1 Å². The second kappa shape index (κ2) is 4.87. The third-order valence-electron chi connectivity index (χ3n) is 4.43. The number of thiocarbonyl (C=S) groups is 1. The molecule has 2 aliphatic rings. The van der Waals surface area contributed by atoms with E-state index >= 15 is 0 Å². The molecule has 1 heterocycles. The molecule has 6 heteroatoms. The average molecular weight is 306 g/mol. The van der Waals surface area contributed by atoms with E-state index in [1.165, 1.54) is 18.2 Å². The average Bonchev–Trinajstić information content (AvgIpc) is 2.98. The van der Waals surface area contributed by atoms with Crippen molar-refractivity contribution in [3.05, 3.63) is 29.6 Å². The number of amides is 2. The molecule has 1 saturated carbocycles. The first kappa shape index (κ1) is 14.1. The number of anilines is 1. The van der Waals surface area contributed by atoms with Crippen molar-refractivity contribution in [3.63, 3.8) is 0 Å². The van der Waals surface area contributed by atoms with E-state index in [0.717, 1.165) is 30.6 Å². The van der Waals surface area contributed by atoms with Gasteiger partial charge in [0.1, 0.15) is 10.8 Å². The van der Waals surface area contributed by atoms with Crippen molar-refractivity contribution in [1.82, 2.24) is 0 Å². The molecular weight excluding hydrogens is 291 g/mol. The van der Waals surface area contributed by atoms with Gasteiger partial charge in [0.15, 0.2) is 0 Å². The third kappa shape index (κ3) is 2.14. The highest BCUT2D eigenvalue weighted by Crippen LogP contribution is 2.48. The predicted molar refractivity (Wildman–Crippen MR) is 80.3 cm³/mol. The van der Waals surface area contributed by atoms with Crippen LogP contribution in [0.3, 0.4) is 0 Å². The Morgan fingerprint density at radius 3 is 2.57 bits per heavy atom. The van der Waals surface area contributed by atoms with Gasteiger partial charge < -0.3 is 5.73 Å². The summed E-state index contributed by atoms with van der Waals surface area (Å²) in [5.41, 5.74) is 5.32. The van der Waals surface area contributed by atoms with Gasteiger partial charge in [0, 0.05) is 12.0 Å². The zero-order valence-electron chi connectivity index (χ0n) is 11.4. The van der Waals surface area contributed by atoms with E-state index in [9.17, 15) is 14.0 Å². The van der Waals surface area contributed by atoms with Gasteiger partial charge in [0.05, 0.1) is 11.1 Å². The highest BCUT2D eigenvalue weighted by Gasteiger charge is 2.53. The molecule has 0 unspecified atom stereocenters. The maximum atomic E-state index is 13.6. The van der Waals surface area contributed by atoms with Crippen LogP contribution in [-0.4, -0.2) is 16.8 Å². The van der Waals surface area contributed by atoms with E-state index in [4.69, 9.17) is 18.0 Å². The van der Waals surface area contributed by atoms with E-state index < -0.39 is 11.2 Å². The van der Waals surface area contributed by atoms with Crippen molar-refractivity contribution in [3.8, 4) is 0 Å². The third-order valence-corrected chi connectivity index (χ3v) is 4.65. The Hall–Kier alpha value is -1.82. The number of rotatable bonds is 2. The van der Waals surface area contributed by atoms with Crippen LogP contribution in [0.2, 0.25) is 0 Å². The molecule has 4 nitrogen and oxygen atoms in total. The summed E-state index contributed by atoms with van der Waals surface area (Å²) in [5.74, 6) is -0.964. The lowest BCUT2D eigenvalue weighted by Gasteiger charge is -2.21. The number of carbonyl (C=O) groups excluding carboxylic acids is 2. The fourth-order valence-corrected chi connectivity index (χ4v) is 3.50. The molecule has 2 fully saturated rings. The van der Waals surface area contributed by atoms with Crippen molar-refractivity contribution in [2.75, 3.05) is 4.90 Å². The summed E-state index contributed by atoms with van der Waals surface area (Å²) in [4.78, 5) is 26.0. The molecule has 0 bridgehead atoms. The molecule has 2 amide bonds. The Morgan fingerprint density at radius 2 is 1.95 bits per heavy atom. The number of imide groups is 1.